The van der Waals surface area contributed by atoms with E-state index in [1.807, 2.05) is 0 Å². The first kappa shape index (κ1) is 13.7. The van der Waals surface area contributed by atoms with Gasteiger partial charge in [0.25, 0.3) is 0 Å². The first-order valence-electron chi connectivity index (χ1n) is 4.44. The fourth-order valence-corrected chi connectivity index (χ4v) is 0.735. The second-order valence-corrected chi connectivity index (χ2v) is 3.74. The van der Waals surface area contributed by atoms with Crippen LogP contribution in [0.5, 0.6) is 0 Å². The number of methoxy groups -OCH3 is 1. The summed E-state index contributed by atoms with van der Waals surface area (Å²) in [6.07, 6.45) is -0.615. The van der Waals surface area contributed by atoms with E-state index in [2.05, 4.69) is 4.74 Å². The van der Waals surface area contributed by atoms with Crippen LogP contribution in [0.3, 0.4) is 0 Å². The number of amides is 1. The van der Waals surface area contributed by atoms with Gasteiger partial charge in [0.2, 0.25) is 5.60 Å². The zero-order valence-electron chi connectivity index (χ0n) is 10.0. The number of hydrazine groups is 1. The molecule has 0 aromatic carbocycles. The molecule has 0 aliphatic carbocycles. The first-order valence-corrected chi connectivity index (χ1v) is 4.44. The van der Waals surface area contributed by atoms with E-state index in [-0.39, 0.29) is 0 Å². The van der Waals surface area contributed by atoms with Gasteiger partial charge in [-0.3, -0.25) is 0 Å². The minimum absolute atomic E-state index is 0.594. The Balaban J connectivity index is 4.47. The van der Waals surface area contributed by atoms with Crippen LogP contribution < -0.4 is 0 Å². The van der Waals surface area contributed by atoms with Gasteiger partial charge in [-0.15, -0.1) is 0 Å². The van der Waals surface area contributed by atoms with Crippen molar-refractivity contribution in [1.82, 2.24) is 10.0 Å². The predicted molar refractivity (Wildman–Crippen MR) is 54.0 cm³/mol. The molecule has 6 heteroatoms. The van der Waals surface area contributed by atoms with E-state index in [1.54, 1.807) is 14.1 Å². The van der Waals surface area contributed by atoms with E-state index in [1.165, 1.54) is 38.0 Å². The number of nitrogens with zero attached hydrogens (tertiary/aromatic N) is 2. The van der Waals surface area contributed by atoms with Crippen molar-refractivity contribution in [1.29, 1.82) is 0 Å². The van der Waals surface area contributed by atoms with Crippen molar-refractivity contribution < 1.29 is 19.1 Å². The lowest BCUT2D eigenvalue weighted by atomic mass is 10.1. The highest BCUT2D eigenvalue weighted by Crippen LogP contribution is 2.13. The van der Waals surface area contributed by atoms with Crippen LogP contribution in [0.25, 0.3) is 0 Å². The summed E-state index contributed by atoms with van der Waals surface area (Å²) >= 11 is 0. The molecule has 0 heterocycles. The Morgan fingerprint density at radius 3 is 1.93 bits per heavy atom. The summed E-state index contributed by atoms with van der Waals surface area (Å²) in [4.78, 5) is 22.7. The van der Waals surface area contributed by atoms with Crippen molar-refractivity contribution in [2.75, 3.05) is 28.3 Å². The lowest BCUT2D eigenvalue weighted by Crippen LogP contribution is -2.46. The predicted octanol–water partition coefficient (Wildman–Crippen LogP) is 0.483. The Hall–Kier alpha value is -1.30. The minimum Gasteiger partial charge on any atom is -0.466 e. The molecule has 88 valence electrons. The average Bonchev–Trinajstić information content (AvgIpc) is 2.14. The van der Waals surface area contributed by atoms with Gasteiger partial charge >= 0.3 is 12.1 Å². The van der Waals surface area contributed by atoms with Crippen molar-refractivity contribution in [3.8, 4) is 0 Å². The van der Waals surface area contributed by atoms with Crippen LogP contribution in [0.2, 0.25) is 0 Å². The average molecular weight is 218 g/mol. The van der Waals surface area contributed by atoms with Gasteiger partial charge in [-0.2, -0.15) is 0 Å². The van der Waals surface area contributed by atoms with E-state index >= 15 is 0 Å². The maximum absolute atomic E-state index is 11.5. The van der Waals surface area contributed by atoms with Crippen molar-refractivity contribution in [2.24, 2.45) is 0 Å². The fourth-order valence-electron chi connectivity index (χ4n) is 0.735. The molecule has 0 aromatic heterocycles. The van der Waals surface area contributed by atoms with E-state index < -0.39 is 17.7 Å². The second-order valence-electron chi connectivity index (χ2n) is 3.74. The van der Waals surface area contributed by atoms with E-state index in [0.717, 1.165) is 0 Å². The highest BCUT2D eigenvalue weighted by molar-refractivity contribution is 5.81. The van der Waals surface area contributed by atoms with Gasteiger partial charge in [-0.25, -0.2) is 19.6 Å². The molecular formula is C9H18N2O4. The number of esters is 1. The Labute approximate surface area is 89.7 Å². The zero-order chi connectivity index (χ0) is 12.2. The molecule has 0 unspecified atom stereocenters. The largest absolute Gasteiger partial charge is 0.466 e. The SMILES string of the molecule is COC(=O)C(C)(C)OC(=O)N(C)N(C)C. The molecule has 0 radical (unpaired) electrons. The van der Waals surface area contributed by atoms with Gasteiger partial charge in [-0.05, 0) is 13.8 Å². The van der Waals surface area contributed by atoms with Crippen LogP contribution in [0, 0.1) is 0 Å². The lowest BCUT2D eigenvalue weighted by molar-refractivity contribution is -0.160. The molecule has 0 aliphatic rings. The van der Waals surface area contributed by atoms with Gasteiger partial charge in [0.05, 0.1) is 7.11 Å². The van der Waals surface area contributed by atoms with Crippen molar-refractivity contribution in [2.45, 2.75) is 19.4 Å². The summed E-state index contributed by atoms with van der Waals surface area (Å²) in [5.41, 5.74) is -1.28. The van der Waals surface area contributed by atoms with Crippen LogP contribution in [0.4, 0.5) is 4.79 Å². The summed E-state index contributed by atoms with van der Waals surface area (Å²) in [5, 5.41) is 2.78. The molecule has 0 saturated heterocycles. The molecule has 0 aliphatic heterocycles. The van der Waals surface area contributed by atoms with Crippen LogP contribution in [0.15, 0.2) is 0 Å². The highest BCUT2D eigenvalue weighted by atomic mass is 16.6. The minimum atomic E-state index is -1.28. The molecular weight excluding hydrogens is 200 g/mol. The molecule has 0 spiro atoms. The van der Waals surface area contributed by atoms with E-state index in [0.29, 0.717) is 0 Å². The quantitative estimate of drug-likeness (QED) is 0.509. The number of carbonyl (C=O) groups is 2. The van der Waals surface area contributed by atoms with Gasteiger partial charge in [0.1, 0.15) is 0 Å². The van der Waals surface area contributed by atoms with Crippen molar-refractivity contribution in [3.63, 3.8) is 0 Å². The molecule has 0 fully saturated rings. The Kier molecular flexibility index (Phi) is 4.54. The number of carbonyl (C=O) groups excluding carboxylic acids is 2. The normalized spacial score (nSPS) is 11.1. The summed E-state index contributed by atoms with van der Waals surface area (Å²) in [5.74, 6) is -0.594. The molecule has 0 N–H and O–H groups in total. The van der Waals surface area contributed by atoms with Gasteiger partial charge in [-0.1, -0.05) is 0 Å². The summed E-state index contributed by atoms with van der Waals surface area (Å²) < 4.78 is 9.49. The van der Waals surface area contributed by atoms with Crippen LogP contribution in [-0.2, 0) is 14.3 Å². The third kappa shape index (κ3) is 3.75. The highest BCUT2D eigenvalue weighted by Gasteiger charge is 2.34. The topological polar surface area (TPSA) is 59.1 Å². The monoisotopic (exact) mass is 218 g/mol. The molecule has 1 amide bonds. The molecule has 0 rings (SSSR count). The molecule has 6 nitrogen and oxygen atoms in total. The van der Waals surface area contributed by atoms with Gasteiger partial charge in [0, 0.05) is 21.1 Å². The smallest absolute Gasteiger partial charge is 0.425 e. The first-order chi connectivity index (χ1) is 6.72. The summed E-state index contributed by atoms with van der Waals surface area (Å²) in [6, 6.07) is 0. The summed E-state index contributed by atoms with van der Waals surface area (Å²) in [7, 11) is 6.15. The number of hydrogen-bond acceptors (Lipinski definition) is 5. The maximum Gasteiger partial charge on any atom is 0.425 e. The van der Waals surface area contributed by atoms with Crippen molar-refractivity contribution in [3.05, 3.63) is 0 Å². The molecule has 0 saturated carbocycles. The number of hydrogen-bond donors (Lipinski definition) is 0. The Bertz CT molecular complexity index is 250. The van der Waals surface area contributed by atoms with Crippen molar-refractivity contribution >= 4 is 12.1 Å². The standard InChI is InChI=1S/C9H18N2O4/c1-9(2,7(12)14-6)15-8(13)11(5)10(3)4/h1-6H3. The van der Waals surface area contributed by atoms with Gasteiger partial charge < -0.3 is 9.47 Å². The van der Waals surface area contributed by atoms with E-state index in [4.69, 9.17) is 4.74 Å². The molecule has 0 bridgehead atoms. The van der Waals surface area contributed by atoms with Gasteiger partial charge in [0.15, 0.2) is 0 Å². The number of rotatable bonds is 3. The van der Waals surface area contributed by atoms with Crippen LogP contribution in [0.1, 0.15) is 13.8 Å². The zero-order valence-corrected chi connectivity index (χ0v) is 10.0. The Morgan fingerprint density at radius 2 is 1.60 bits per heavy atom. The van der Waals surface area contributed by atoms with Crippen LogP contribution >= 0.6 is 0 Å². The molecule has 0 atom stereocenters. The Morgan fingerprint density at radius 1 is 1.13 bits per heavy atom. The lowest BCUT2D eigenvalue weighted by Gasteiger charge is -2.28. The molecule has 0 aromatic rings. The van der Waals surface area contributed by atoms with E-state index in [9.17, 15) is 9.59 Å². The molecule has 15 heavy (non-hydrogen) atoms. The number of ether oxygens (including phenoxy) is 2. The van der Waals surface area contributed by atoms with Crippen LogP contribution in [-0.4, -0.2) is 55.9 Å². The third-order valence-electron chi connectivity index (χ3n) is 1.88. The third-order valence-corrected chi connectivity index (χ3v) is 1.88. The second kappa shape index (κ2) is 4.97. The fraction of sp³-hybridized carbons (Fsp3) is 0.778. The maximum atomic E-state index is 11.5. The summed E-state index contributed by atoms with van der Waals surface area (Å²) in [6.45, 7) is 2.94.